The second-order valence-electron chi connectivity index (χ2n) is 6.85. The summed E-state index contributed by atoms with van der Waals surface area (Å²) in [5, 5.41) is 2.72. The molecule has 0 aromatic carbocycles. The Balaban J connectivity index is 2.35. The molecule has 0 bridgehead atoms. The van der Waals surface area contributed by atoms with E-state index in [1.807, 2.05) is 27.7 Å². The number of nitrogens with one attached hydrogen (secondary N) is 1. The van der Waals surface area contributed by atoms with Crippen LogP contribution in [-0.2, 0) is 14.1 Å². The number of nitrogen functional groups attached to an aromatic ring is 1. The fourth-order valence-electron chi connectivity index (χ4n) is 2.19. The Hall–Kier alpha value is -1.93. The minimum Gasteiger partial charge on any atom is -0.400 e. The van der Waals surface area contributed by atoms with Gasteiger partial charge in [0.05, 0.1) is 28.8 Å². The minimum absolute atomic E-state index is 0.183. The van der Waals surface area contributed by atoms with Gasteiger partial charge in [-0.1, -0.05) is 0 Å². The molecule has 1 saturated heterocycles. The molecule has 24 heavy (non-hydrogen) atoms. The molecular formula is C16H23BFN3O3. The maximum absolute atomic E-state index is 13.2. The van der Waals surface area contributed by atoms with Crippen molar-refractivity contribution < 1.29 is 18.5 Å². The largest absolute Gasteiger partial charge is 0.492 e. The summed E-state index contributed by atoms with van der Waals surface area (Å²) in [5.41, 5.74) is 6.02. The van der Waals surface area contributed by atoms with E-state index in [9.17, 15) is 9.18 Å². The summed E-state index contributed by atoms with van der Waals surface area (Å²) < 4.78 is 25.2. The normalized spacial score (nSPS) is 19.4. The van der Waals surface area contributed by atoms with E-state index in [1.54, 1.807) is 6.08 Å². The third-order valence-corrected chi connectivity index (χ3v) is 4.34. The van der Waals surface area contributed by atoms with E-state index >= 15 is 0 Å². The van der Waals surface area contributed by atoms with Crippen LogP contribution in [0.15, 0.2) is 17.7 Å². The van der Waals surface area contributed by atoms with Gasteiger partial charge in [-0.25, -0.2) is 4.39 Å². The average molecular weight is 335 g/mol. The molecule has 0 aliphatic carbocycles. The Morgan fingerprint density at radius 3 is 2.46 bits per heavy atom. The molecule has 1 amide bonds. The highest BCUT2D eigenvalue weighted by Gasteiger charge is 2.52. The van der Waals surface area contributed by atoms with Gasteiger partial charge in [-0.15, -0.1) is 0 Å². The Bertz CT molecular complexity index is 661. The monoisotopic (exact) mass is 335 g/mol. The molecule has 3 N–H and O–H groups in total. The lowest BCUT2D eigenvalue weighted by Gasteiger charge is -2.32. The molecule has 0 spiro atoms. The summed E-state index contributed by atoms with van der Waals surface area (Å²) >= 11 is 0. The summed E-state index contributed by atoms with van der Waals surface area (Å²) in [4.78, 5) is 15.3. The van der Waals surface area contributed by atoms with Gasteiger partial charge in [0, 0.05) is 19.5 Å². The first-order valence-electron chi connectivity index (χ1n) is 7.73. The molecule has 2 rings (SSSR count). The summed E-state index contributed by atoms with van der Waals surface area (Å²) in [6, 6.07) is 1.19. The fourth-order valence-corrected chi connectivity index (χ4v) is 2.19. The molecule has 130 valence electrons. The second-order valence-corrected chi connectivity index (χ2v) is 6.85. The fraction of sp³-hybridized carbons (Fsp3) is 0.500. The molecule has 6 nitrogen and oxygen atoms in total. The van der Waals surface area contributed by atoms with Crippen molar-refractivity contribution in [1.29, 1.82) is 0 Å². The number of nitrogens with zero attached hydrogens (tertiary/aromatic N) is 1. The van der Waals surface area contributed by atoms with E-state index in [-0.39, 0.29) is 18.1 Å². The number of pyridine rings is 1. The van der Waals surface area contributed by atoms with Crippen molar-refractivity contribution in [2.75, 3.05) is 12.3 Å². The van der Waals surface area contributed by atoms with Crippen LogP contribution in [0.3, 0.4) is 0 Å². The quantitative estimate of drug-likeness (QED) is 0.822. The lowest BCUT2D eigenvalue weighted by Crippen LogP contribution is -2.41. The molecule has 1 aliphatic rings. The van der Waals surface area contributed by atoms with E-state index in [4.69, 9.17) is 15.0 Å². The molecule has 0 radical (unpaired) electrons. The number of rotatable bonds is 4. The highest BCUT2D eigenvalue weighted by molar-refractivity contribution is 6.56. The zero-order chi connectivity index (χ0) is 18.1. The van der Waals surface area contributed by atoms with Crippen LogP contribution >= 0.6 is 0 Å². The van der Waals surface area contributed by atoms with Gasteiger partial charge in [-0.2, -0.15) is 0 Å². The van der Waals surface area contributed by atoms with Crippen molar-refractivity contribution in [1.82, 2.24) is 10.3 Å². The van der Waals surface area contributed by atoms with Crippen LogP contribution in [-0.4, -0.2) is 35.8 Å². The van der Waals surface area contributed by atoms with E-state index in [0.717, 1.165) is 6.20 Å². The number of hydrogen-bond donors (Lipinski definition) is 2. The maximum atomic E-state index is 13.2. The van der Waals surface area contributed by atoms with Gasteiger partial charge in [0.25, 0.3) is 0 Å². The van der Waals surface area contributed by atoms with Gasteiger partial charge >= 0.3 is 7.12 Å². The van der Waals surface area contributed by atoms with Gasteiger partial charge in [0.15, 0.2) is 0 Å². The molecule has 0 unspecified atom stereocenters. The van der Waals surface area contributed by atoms with Crippen LogP contribution in [0.1, 0.15) is 40.3 Å². The van der Waals surface area contributed by atoms with Gasteiger partial charge in [0.2, 0.25) is 5.91 Å². The lowest BCUT2D eigenvalue weighted by atomic mass is 9.77. The summed E-state index contributed by atoms with van der Waals surface area (Å²) in [6.45, 7) is 9.39. The number of hydrogen-bond acceptors (Lipinski definition) is 5. The van der Waals surface area contributed by atoms with Crippen LogP contribution in [0, 0.1) is 5.82 Å². The van der Waals surface area contributed by atoms with Crippen molar-refractivity contribution in [2.24, 2.45) is 0 Å². The Morgan fingerprint density at radius 2 is 1.96 bits per heavy atom. The molecule has 0 saturated carbocycles. The average Bonchev–Trinajstić information content (AvgIpc) is 2.65. The number of amides is 1. The van der Waals surface area contributed by atoms with E-state index in [1.165, 1.54) is 13.0 Å². The third kappa shape index (κ3) is 3.94. The van der Waals surface area contributed by atoms with Crippen LogP contribution in [0.4, 0.5) is 10.1 Å². The Kier molecular flexibility index (Phi) is 5.01. The van der Waals surface area contributed by atoms with Crippen LogP contribution < -0.4 is 11.1 Å². The zero-order valence-electron chi connectivity index (χ0n) is 14.6. The summed E-state index contributed by atoms with van der Waals surface area (Å²) in [7, 11) is -0.659. The molecule has 8 heteroatoms. The van der Waals surface area contributed by atoms with Crippen LogP contribution in [0.5, 0.6) is 0 Å². The second kappa shape index (κ2) is 6.53. The number of halogens is 1. The topological polar surface area (TPSA) is 86.5 Å². The predicted octanol–water partition coefficient (Wildman–Crippen LogP) is 1.95. The van der Waals surface area contributed by atoms with Gasteiger partial charge in [-0.3, -0.25) is 9.78 Å². The minimum atomic E-state index is -0.659. The molecule has 1 aliphatic heterocycles. The molecule has 0 atom stereocenters. The van der Waals surface area contributed by atoms with Gasteiger partial charge in [-0.05, 0) is 39.2 Å². The maximum Gasteiger partial charge on any atom is 0.492 e. The number of carbonyl (C=O) groups is 1. The van der Waals surface area contributed by atoms with Crippen LogP contribution in [0.25, 0.3) is 6.08 Å². The summed E-state index contributed by atoms with van der Waals surface area (Å²) in [5.74, 6) is -0.693. The summed E-state index contributed by atoms with van der Waals surface area (Å²) in [6.07, 6.45) is 2.75. The first kappa shape index (κ1) is 18.4. The number of nitrogens with two attached hydrogens (primary N) is 1. The van der Waals surface area contributed by atoms with E-state index in [2.05, 4.69) is 10.3 Å². The highest BCUT2D eigenvalue weighted by atomic mass is 19.1. The van der Waals surface area contributed by atoms with Gasteiger partial charge < -0.3 is 20.4 Å². The number of anilines is 1. The third-order valence-electron chi connectivity index (χ3n) is 4.34. The van der Waals surface area contributed by atoms with Crippen molar-refractivity contribution in [2.45, 2.75) is 45.8 Å². The lowest BCUT2D eigenvalue weighted by molar-refractivity contribution is -0.118. The molecular weight excluding hydrogens is 312 g/mol. The van der Waals surface area contributed by atoms with E-state index < -0.39 is 24.1 Å². The van der Waals surface area contributed by atoms with Crippen molar-refractivity contribution in [3.8, 4) is 0 Å². The molecule has 2 heterocycles. The van der Waals surface area contributed by atoms with Crippen molar-refractivity contribution in [3.63, 3.8) is 0 Å². The highest BCUT2D eigenvalue weighted by Crippen LogP contribution is 2.38. The Morgan fingerprint density at radius 1 is 1.38 bits per heavy atom. The molecule has 1 aromatic heterocycles. The SMILES string of the molecule is CC(=O)NCC(=Cc1ncc(F)cc1N)B1OC(C)(C)C(C)(C)O1. The van der Waals surface area contributed by atoms with Crippen molar-refractivity contribution in [3.05, 3.63) is 29.2 Å². The molecule has 1 fully saturated rings. The van der Waals surface area contributed by atoms with Gasteiger partial charge in [0.1, 0.15) is 5.82 Å². The number of carbonyl (C=O) groups excluding carboxylic acids is 1. The van der Waals surface area contributed by atoms with Crippen molar-refractivity contribution >= 4 is 24.8 Å². The standard InChI is InChI=1S/C16H23BFN3O3/c1-10(22)20-8-11(6-14-13(19)7-12(18)9-21-14)17-23-15(2,3)16(4,5)24-17/h6-7,9H,8,19H2,1-5H3,(H,20,22). The smallest absolute Gasteiger partial charge is 0.400 e. The zero-order valence-corrected chi connectivity index (χ0v) is 14.6. The Labute approximate surface area is 141 Å². The number of aromatic nitrogens is 1. The molecule has 1 aromatic rings. The van der Waals surface area contributed by atoms with E-state index in [0.29, 0.717) is 11.2 Å². The van der Waals surface area contributed by atoms with Crippen LogP contribution in [0.2, 0.25) is 0 Å². The predicted molar refractivity (Wildman–Crippen MR) is 91.4 cm³/mol. The first-order valence-corrected chi connectivity index (χ1v) is 7.73. The first-order chi connectivity index (χ1) is 11.0.